The third-order valence-electron chi connectivity index (χ3n) is 5.11. The van der Waals surface area contributed by atoms with Crippen molar-refractivity contribution >= 4 is 11.9 Å². The first-order valence-corrected chi connectivity index (χ1v) is 10.8. The van der Waals surface area contributed by atoms with E-state index in [2.05, 4.69) is 65.6 Å². The second kappa shape index (κ2) is 14.1. The maximum absolute atomic E-state index is 9.55. The zero-order chi connectivity index (χ0) is 23.2. The van der Waals surface area contributed by atoms with Gasteiger partial charge in [0.2, 0.25) is 0 Å². The van der Waals surface area contributed by atoms with Crippen molar-refractivity contribution in [3.05, 3.63) is 83.9 Å². The summed E-state index contributed by atoms with van der Waals surface area (Å²) in [5.41, 5.74) is 8.08. The number of carboxylic acid groups (broad SMARTS) is 2. The maximum atomic E-state index is 9.55. The summed E-state index contributed by atoms with van der Waals surface area (Å²) in [7, 11) is 0. The normalized spacial score (nSPS) is 14.8. The predicted octanol–water partition coefficient (Wildman–Crippen LogP) is 3.32. The van der Waals surface area contributed by atoms with Gasteiger partial charge in [0.25, 0.3) is 0 Å². The van der Waals surface area contributed by atoms with Crippen LogP contribution < -0.4 is 5.73 Å². The van der Waals surface area contributed by atoms with E-state index in [4.69, 9.17) is 20.7 Å². The van der Waals surface area contributed by atoms with Gasteiger partial charge in [0, 0.05) is 25.2 Å². The number of nitrogens with two attached hydrogens (primary N) is 1. The quantitative estimate of drug-likeness (QED) is 0.513. The largest absolute Gasteiger partial charge is 0.478 e. The first-order valence-electron chi connectivity index (χ1n) is 10.8. The molecule has 32 heavy (non-hydrogen) atoms. The van der Waals surface area contributed by atoms with Gasteiger partial charge in [0.15, 0.2) is 0 Å². The van der Waals surface area contributed by atoms with E-state index in [-0.39, 0.29) is 6.10 Å². The van der Waals surface area contributed by atoms with Crippen molar-refractivity contribution in [1.29, 1.82) is 0 Å². The number of carboxylic acids is 2. The van der Waals surface area contributed by atoms with Gasteiger partial charge < -0.3 is 25.6 Å². The predicted molar refractivity (Wildman–Crippen MR) is 123 cm³/mol. The summed E-state index contributed by atoms with van der Waals surface area (Å²) in [6.07, 6.45) is 4.74. The molecule has 3 rings (SSSR count). The number of hydrogen-bond acceptors (Lipinski definition) is 5. The summed E-state index contributed by atoms with van der Waals surface area (Å²) in [5, 5.41) is 15.6. The van der Waals surface area contributed by atoms with Crippen LogP contribution in [0.15, 0.2) is 72.8 Å². The molecule has 2 aromatic rings. The highest BCUT2D eigenvalue weighted by Gasteiger charge is 2.24. The lowest BCUT2D eigenvalue weighted by atomic mass is 10.00. The van der Waals surface area contributed by atoms with E-state index in [1.165, 1.54) is 11.1 Å². The molecule has 0 aliphatic carbocycles. The Balaban J connectivity index is 0.000000390. The number of aliphatic carboxylic acids is 2. The zero-order valence-electron chi connectivity index (χ0n) is 18.2. The van der Waals surface area contributed by atoms with Crippen LogP contribution in [0.2, 0.25) is 0 Å². The van der Waals surface area contributed by atoms with Crippen LogP contribution in [0.4, 0.5) is 0 Å². The molecule has 1 heterocycles. The van der Waals surface area contributed by atoms with E-state index in [1.807, 2.05) is 0 Å². The SMILES string of the molecule is NCCCN1CCC(OC(c2ccccc2)c2ccccc2)CC1.O=C(O)/C=C/C(=O)O. The number of hydrogen-bond donors (Lipinski definition) is 3. The monoisotopic (exact) mass is 440 g/mol. The topological polar surface area (TPSA) is 113 Å². The van der Waals surface area contributed by atoms with Gasteiger partial charge in [-0.1, -0.05) is 60.7 Å². The van der Waals surface area contributed by atoms with Gasteiger partial charge in [-0.15, -0.1) is 0 Å². The van der Waals surface area contributed by atoms with Crippen LogP contribution in [-0.2, 0) is 14.3 Å². The molecule has 7 heteroatoms. The molecule has 0 amide bonds. The third-order valence-corrected chi connectivity index (χ3v) is 5.11. The van der Waals surface area contributed by atoms with Crippen LogP contribution in [0.3, 0.4) is 0 Å². The lowest BCUT2D eigenvalue weighted by molar-refractivity contribution is -0.134. The Morgan fingerprint density at radius 2 is 1.41 bits per heavy atom. The average Bonchev–Trinajstić information content (AvgIpc) is 2.82. The van der Waals surface area contributed by atoms with Crippen molar-refractivity contribution in [2.45, 2.75) is 31.5 Å². The van der Waals surface area contributed by atoms with Crippen LogP contribution in [0.25, 0.3) is 0 Å². The van der Waals surface area contributed by atoms with Crippen LogP contribution >= 0.6 is 0 Å². The van der Waals surface area contributed by atoms with Crippen LogP contribution in [0, 0.1) is 0 Å². The molecule has 0 saturated carbocycles. The van der Waals surface area contributed by atoms with E-state index in [0.717, 1.165) is 45.4 Å². The first kappa shape index (κ1) is 25.3. The molecule has 0 unspecified atom stereocenters. The van der Waals surface area contributed by atoms with Crippen molar-refractivity contribution in [2.24, 2.45) is 5.73 Å². The molecule has 172 valence electrons. The molecule has 1 aliphatic rings. The van der Waals surface area contributed by atoms with E-state index < -0.39 is 11.9 Å². The van der Waals surface area contributed by atoms with E-state index in [1.54, 1.807) is 0 Å². The first-order chi connectivity index (χ1) is 15.5. The van der Waals surface area contributed by atoms with E-state index in [9.17, 15) is 9.59 Å². The van der Waals surface area contributed by atoms with Gasteiger partial charge in [-0.3, -0.25) is 0 Å². The highest BCUT2D eigenvalue weighted by atomic mass is 16.5. The molecule has 1 aliphatic heterocycles. The summed E-state index contributed by atoms with van der Waals surface area (Å²) < 4.78 is 6.56. The number of rotatable bonds is 9. The summed E-state index contributed by atoms with van der Waals surface area (Å²) in [6.45, 7) is 4.12. The molecule has 2 aromatic carbocycles. The molecule has 7 nitrogen and oxygen atoms in total. The highest BCUT2D eigenvalue weighted by Crippen LogP contribution is 2.29. The Bertz CT molecular complexity index is 778. The van der Waals surface area contributed by atoms with Gasteiger partial charge in [0.05, 0.1) is 6.10 Å². The molecule has 1 saturated heterocycles. The molecule has 0 aromatic heterocycles. The average molecular weight is 441 g/mol. The highest BCUT2D eigenvalue weighted by molar-refractivity contribution is 5.89. The van der Waals surface area contributed by atoms with Gasteiger partial charge in [-0.25, -0.2) is 9.59 Å². The molecule has 4 N–H and O–H groups in total. The lowest BCUT2D eigenvalue weighted by Gasteiger charge is -2.34. The Hall–Kier alpha value is -3.00. The molecule has 1 fully saturated rings. The Morgan fingerprint density at radius 3 is 1.81 bits per heavy atom. The van der Waals surface area contributed by atoms with Gasteiger partial charge >= 0.3 is 11.9 Å². The fraction of sp³-hybridized carbons (Fsp3) is 0.360. The number of carbonyl (C=O) groups is 2. The molecular formula is C25H32N2O5. The minimum atomic E-state index is -1.26. The Kier molecular flexibility index (Phi) is 11.2. The smallest absolute Gasteiger partial charge is 0.328 e. The van der Waals surface area contributed by atoms with Crippen molar-refractivity contribution in [2.75, 3.05) is 26.2 Å². The number of likely N-dealkylation sites (tertiary alicyclic amines) is 1. The van der Waals surface area contributed by atoms with E-state index >= 15 is 0 Å². The lowest BCUT2D eigenvalue weighted by Crippen LogP contribution is -2.38. The molecule has 0 bridgehead atoms. The van der Waals surface area contributed by atoms with Crippen LogP contribution in [-0.4, -0.2) is 59.3 Å². The Morgan fingerprint density at radius 1 is 0.938 bits per heavy atom. The second-order valence-electron chi connectivity index (χ2n) is 7.53. The summed E-state index contributed by atoms with van der Waals surface area (Å²) in [6, 6.07) is 21.1. The second-order valence-corrected chi connectivity index (χ2v) is 7.53. The fourth-order valence-electron chi connectivity index (χ4n) is 3.52. The summed E-state index contributed by atoms with van der Waals surface area (Å²) in [4.78, 5) is 21.6. The van der Waals surface area contributed by atoms with Crippen LogP contribution in [0.5, 0.6) is 0 Å². The van der Waals surface area contributed by atoms with Crippen molar-refractivity contribution < 1.29 is 24.5 Å². The molecular weight excluding hydrogens is 408 g/mol. The molecule has 0 radical (unpaired) electrons. The Labute approximate surface area is 189 Å². The van der Waals surface area contributed by atoms with E-state index in [0.29, 0.717) is 18.3 Å². The number of nitrogens with zero attached hydrogens (tertiary/aromatic N) is 1. The fourth-order valence-corrected chi connectivity index (χ4v) is 3.52. The maximum Gasteiger partial charge on any atom is 0.328 e. The standard InChI is InChI=1S/C21H28N2O.C4H4O4/c22-14-7-15-23-16-12-20(13-17-23)24-21(18-8-3-1-4-9-18)19-10-5-2-6-11-19;5-3(6)1-2-4(7)8/h1-6,8-11,20-21H,7,12-17,22H2;1-2H,(H,5,6)(H,7,8)/b;2-1+. The number of piperidine rings is 1. The van der Waals surface area contributed by atoms with Gasteiger partial charge in [0.1, 0.15) is 6.10 Å². The van der Waals surface area contributed by atoms with Gasteiger partial charge in [-0.2, -0.15) is 0 Å². The molecule has 0 atom stereocenters. The third kappa shape index (κ3) is 9.43. The number of ether oxygens (including phenoxy) is 1. The minimum Gasteiger partial charge on any atom is -0.478 e. The van der Waals surface area contributed by atoms with Gasteiger partial charge in [-0.05, 0) is 43.5 Å². The summed E-state index contributed by atoms with van der Waals surface area (Å²) >= 11 is 0. The zero-order valence-corrected chi connectivity index (χ0v) is 18.2. The number of benzene rings is 2. The summed E-state index contributed by atoms with van der Waals surface area (Å²) in [5.74, 6) is -2.51. The van der Waals surface area contributed by atoms with Crippen molar-refractivity contribution in [3.63, 3.8) is 0 Å². The van der Waals surface area contributed by atoms with Crippen molar-refractivity contribution in [3.8, 4) is 0 Å². The van der Waals surface area contributed by atoms with Crippen molar-refractivity contribution in [1.82, 2.24) is 4.90 Å². The minimum absolute atomic E-state index is 0.0213. The molecule has 0 spiro atoms. The van der Waals surface area contributed by atoms with Crippen LogP contribution in [0.1, 0.15) is 36.5 Å².